The molecule has 0 spiro atoms. The number of hydrogen-bond acceptors (Lipinski definition) is 5. The van der Waals surface area contributed by atoms with Crippen LogP contribution >= 0.6 is 0 Å². The molecule has 11 aromatic carbocycles. The van der Waals surface area contributed by atoms with E-state index in [9.17, 15) is 0 Å². The number of fused-ring (bicyclic) bond motifs is 4. The summed E-state index contributed by atoms with van der Waals surface area (Å²) in [7, 11) is 0. The number of benzene rings is 11. The summed E-state index contributed by atoms with van der Waals surface area (Å²) in [6, 6.07) is 107. The van der Waals surface area contributed by atoms with Crippen LogP contribution in [0.25, 0.3) is 34.2 Å². The molecule has 0 bridgehead atoms. The summed E-state index contributed by atoms with van der Waals surface area (Å²) in [5, 5.41) is 0. The van der Waals surface area contributed by atoms with Gasteiger partial charge in [-0.05, 0) is 87.0 Å². The lowest BCUT2D eigenvalue weighted by molar-refractivity contribution is 0.730. The fourth-order valence-corrected chi connectivity index (χ4v) is 12.3. The van der Waals surface area contributed by atoms with Crippen LogP contribution in [-0.2, 0) is 10.8 Å². The van der Waals surface area contributed by atoms with Crippen LogP contribution in [0.15, 0.2) is 297 Å². The third-order valence-corrected chi connectivity index (χ3v) is 15.4. The van der Waals surface area contributed by atoms with E-state index in [1.54, 1.807) is 0 Å². The maximum atomic E-state index is 5.39. The zero-order valence-corrected chi connectivity index (χ0v) is 41.5. The Morgan fingerprint density at radius 1 is 0.224 bits per heavy atom. The fourth-order valence-electron chi connectivity index (χ4n) is 12.3. The van der Waals surface area contributed by atoms with Crippen molar-refractivity contribution in [1.29, 1.82) is 0 Å². The van der Waals surface area contributed by atoms with Gasteiger partial charge in [0.25, 0.3) is 0 Å². The van der Waals surface area contributed by atoms with E-state index >= 15 is 0 Å². The average Bonchev–Trinajstić information content (AvgIpc) is 3.56. The van der Waals surface area contributed by atoms with Gasteiger partial charge in [-0.2, -0.15) is 0 Å². The number of nitrogens with zero attached hydrogens (tertiary/aromatic N) is 5. The van der Waals surface area contributed by atoms with Crippen molar-refractivity contribution in [2.45, 2.75) is 10.8 Å². The lowest BCUT2D eigenvalue weighted by atomic mass is 9.62. The molecule has 0 saturated carbocycles. The van der Waals surface area contributed by atoms with Crippen LogP contribution in [0.3, 0.4) is 0 Å². The van der Waals surface area contributed by atoms with Crippen LogP contribution in [0.4, 0.5) is 34.1 Å². The summed E-state index contributed by atoms with van der Waals surface area (Å²) < 4.78 is 0. The standard InChI is InChI=1S/C71H49N5/c1-7-27-50(28-8-1)67-72-68(51-29-9-2-10-30-51)74-69(73-67)52-47-57(75-63-43-23-19-39-59(63)70(53-31-11-3-12-32-53,54-33-13-4-14-34-54)60-40-20-24-44-64(60)75)49-58(48-52)76-65-45-25-21-41-61(65)71(55-35-15-5-16-36-55,56-37-17-6-18-38-56)62-42-22-26-46-66(62)76/h1-49H. The highest BCUT2D eigenvalue weighted by molar-refractivity contribution is 5.95. The minimum atomic E-state index is -0.640. The minimum Gasteiger partial charge on any atom is -0.310 e. The van der Waals surface area contributed by atoms with Crippen LogP contribution in [0.5, 0.6) is 0 Å². The van der Waals surface area contributed by atoms with Crippen molar-refractivity contribution in [3.05, 3.63) is 342 Å². The second-order valence-corrected chi connectivity index (χ2v) is 19.5. The van der Waals surface area contributed by atoms with E-state index in [4.69, 9.17) is 15.0 Å². The molecule has 0 amide bonds. The van der Waals surface area contributed by atoms with Gasteiger partial charge in [-0.3, -0.25) is 0 Å². The normalized spacial score (nSPS) is 13.7. The van der Waals surface area contributed by atoms with E-state index in [2.05, 4.69) is 271 Å². The molecule has 2 aliphatic rings. The summed E-state index contributed by atoms with van der Waals surface area (Å²) >= 11 is 0. The van der Waals surface area contributed by atoms with Crippen LogP contribution in [0.1, 0.15) is 44.5 Å². The van der Waals surface area contributed by atoms with Gasteiger partial charge in [0, 0.05) is 28.1 Å². The van der Waals surface area contributed by atoms with E-state index in [1.807, 2.05) is 36.4 Å². The van der Waals surface area contributed by atoms with E-state index in [0.29, 0.717) is 17.5 Å². The molecule has 0 atom stereocenters. The fraction of sp³-hybridized carbons (Fsp3) is 0.0282. The zero-order valence-electron chi connectivity index (χ0n) is 41.5. The average molecular weight is 972 g/mol. The molecule has 0 saturated heterocycles. The summed E-state index contributed by atoms with van der Waals surface area (Å²) in [6.07, 6.45) is 0. The van der Waals surface area contributed by atoms with Gasteiger partial charge in [0.15, 0.2) is 17.5 Å². The second-order valence-electron chi connectivity index (χ2n) is 19.5. The quantitative estimate of drug-likeness (QED) is 0.144. The molecule has 5 nitrogen and oxygen atoms in total. The first-order valence-electron chi connectivity index (χ1n) is 25.9. The highest BCUT2D eigenvalue weighted by Crippen LogP contribution is 2.61. The smallest absolute Gasteiger partial charge is 0.164 e. The number of anilines is 6. The number of para-hydroxylation sites is 4. The van der Waals surface area contributed by atoms with Crippen molar-refractivity contribution in [2.75, 3.05) is 9.80 Å². The van der Waals surface area contributed by atoms with Crippen molar-refractivity contribution in [1.82, 2.24) is 15.0 Å². The molecular weight excluding hydrogens is 923 g/mol. The zero-order chi connectivity index (χ0) is 50.5. The SMILES string of the molecule is c1ccc(-c2nc(-c3ccccc3)nc(-c3cc(N4c5ccccc5C(c5ccccc5)(c5ccccc5)c5ccccc54)cc(N4c5ccccc5C(c5ccccc5)(c5ccccc5)c5ccccc54)c3)n2)cc1. The number of rotatable bonds is 9. The first-order valence-corrected chi connectivity index (χ1v) is 25.9. The van der Waals surface area contributed by atoms with Gasteiger partial charge < -0.3 is 9.80 Å². The van der Waals surface area contributed by atoms with Gasteiger partial charge in [0.1, 0.15) is 0 Å². The maximum absolute atomic E-state index is 5.39. The van der Waals surface area contributed by atoms with Gasteiger partial charge in [-0.1, -0.05) is 255 Å². The Hall–Kier alpha value is -9.97. The van der Waals surface area contributed by atoms with E-state index in [-0.39, 0.29) is 0 Å². The Bertz CT molecular complexity index is 3620. The molecule has 2 aliphatic heterocycles. The molecule has 0 unspecified atom stereocenters. The van der Waals surface area contributed by atoms with Crippen molar-refractivity contribution in [3.8, 4) is 34.2 Å². The summed E-state index contributed by atoms with van der Waals surface area (Å²) in [5.41, 5.74) is 17.1. The molecule has 358 valence electrons. The first kappa shape index (κ1) is 44.7. The predicted molar refractivity (Wildman–Crippen MR) is 309 cm³/mol. The number of aromatic nitrogens is 3. The first-order chi connectivity index (χ1) is 37.7. The third kappa shape index (κ3) is 7.04. The van der Waals surface area contributed by atoms with Gasteiger partial charge >= 0.3 is 0 Å². The van der Waals surface area contributed by atoms with Crippen LogP contribution in [-0.4, -0.2) is 15.0 Å². The largest absolute Gasteiger partial charge is 0.310 e. The Morgan fingerprint density at radius 2 is 0.461 bits per heavy atom. The Balaban J connectivity index is 1.07. The second kappa shape index (κ2) is 18.5. The highest BCUT2D eigenvalue weighted by atomic mass is 15.2. The van der Waals surface area contributed by atoms with E-state index in [1.165, 1.54) is 44.5 Å². The van der Waals surface area contributed by atoms with Crippen molar-refractivity contribution < 1.29 is 0 Å². The molecular formula is C71H49N5. The Labute approximate surface area is 443 Å². The van der Waals surface area contributed by atoms with Gasteiger partial charge in [0.2, 0.25) is 0 Å². The minimum absolute atomic E-state index is 0.568. The number of hydrogen-bond donors (Lipinski definition) is 0. The Morgan fingerprint density at radius 3 is 0.750 bits per heavy atom. The molecule has 0 fully saturated rings. The molecule has 5 heteroatoms. The van der Waals surface area contributed by atoms with Crippen molar-refractivity contribution in [2.24, 2.45) is 0 Å². The Kier molecular flexibility index (Phi) is 10.9. The van der Waals surface area contributed by atoms with Gasteiger partial charge in [0.05, 0.1) is 33.6 Å². The monoisotopic (exact) mass is 971 g/mol. The predicted octanol–water partition coefficient (Wildman–Crippen LogP) is 17.2. The molecule has 14 rings (SSSR count). The molecule has 0 aliphatic carbocycles. The van der Waals surface area contributed by atoms with Crippen molar-refractivity contribution >= 4 is 34.1 Å². The van der Waals surface area contributed by atoms with Crippen molar-refractivity contribution in [3.63, 3.8) is 0 Å². The van der Waals surface area contributed by atoms with Crippen LogP contribution in [0, 0.1) is 0 Å². The third-order valence-electron chi connectivity index (χ3n) is 15.4. The maximum Gasteiger partial charge on any atom is 0.164 e. The van der Waals surface area contributed by atoms with E-state index < -0.39 is 10.8 Å². The van der Waals surface area contributed by atoms with Gasteiger partial charge in [-0.15, -0.1) is 0 Å². The summed E-state index contributed by atoms with van der Waals surface area (Å²) in [4.78, 5) is 20.9. The summed E-state index contributed by atoms with van der Waals surface area (Å²) in [5.74, 6) is 1.77. The lowest BCUT2D eigenvalue weighted by Crippen LogP contribution is -2.38. The summed E-state index contributed by atoms with van der Waals surface area (Å²) in [6.45, 7) is 0. The molecule has 3 heterocycles. The van der Waals surface area contributed by atoms with Crippen LogP contribution < -0.4 is 9.80 Å². The molecule has 1 aromatic heterocycles. The molecule has 76 heavy (non-hydrogen) atoms. The molecule has 0 N–H and O–H groups in total. The highest BCUT2D eigenvalue weighted by Gasteiger charge is 2.48. The topological polar surface area (TPSA) is 45.2 Å². The molecule has 12 aromatic rings. The lowest BCUT2D eigenvalue weighted by Gasteiger charge is -2.47. The molecule has 0 radical (unpaired) electrons. The van der Waals surface area contributed by atoms with E-state index in [0.717, 1.165) is 50.8 Å². The van der Waals surface area contributed by atoms with Gasteiger partial charge in [-0.25, -0.2) is 15.0 Å². The van der Waals surface area contributed by atoms with Crippen LogP contribution in [0.2, 0.25) is 0 Å².